The van der Waals surface area contributed by atoms with E-state index in [9.17, 15) is 23.6 Å². The minimum atomic E-state index is -0.812. The first-order valence-electron chi connectivity index (χ1n) is 9.31. The summed E-state index contributed by atoms with van der Waals surface area (Å²) in [4.78, 5) is 52.1. The minimum absolute atomic E-state index is 0.0165. The summed E-state index contributed by atoms with van der Waals surface area (Å²) in [6.07, 6.45) is 0. The first kappa shape index (κ1) is 21.7. The van der Waals surface area contributed by atoms with Gasteiger partial charge in [-0.25, -0.2) is 9.40 Å². The summed E-state index contributed by atoms with van der Waals surface area (Å²) in [6.45, 7) is -0.643. The van der Waals surface area contributed by atoms with Crippen LogP contribution in [0.15, 0.2) is 66.7 Å². The Kier molecular flexibility index (Phi) is 5.78. The van der Waals surface area contributed by atoms with Crippen molar-refractivity contribution in [1.29, 1.82) is 0 Å². The summed E-state index contributed by atoms with van der Waals surface area (Å²) >= 11 is 11.9. The summed E-state index contributed by atoms with van der Waals surface area (Å²) < 4.78 is 13.2. The molecule has 6 nitrogen and oxygen atoms in total. The molecule has 0 radical (unpaired) electrons. The molecule has 0 fully saturated rings. The standard InChI is InChI=1S/C23H13Cl2FN2O4/c24-18-10-7-14(11-19(18)25)21(30)27(12-20(29)13-5-8-15(26)9-6-13)28-22(31)16-3-1-2-4-17(16)23(28)32/h1-11H,12H2. The fraction of sp³-hybridized carbons (Fsp3) is 0.0435. The molecule has 0 aromatic heterocycles. The van der Waals surface area contributed by atoms with Crippen molar-refractivity contribution in [3.05, 3.63) is 105 Å². The summed E-state index contributed by atoms with van der Waals surface area (Å²) in [5, 5.41) is 1.69. The highest BCUT2D eigenvalue weighted by atomic mass is 35.5. The second-order valence-corrected chi connectivity index (χ2v) is 7.70. The van der Waals surface area contributed by atoms with Crippen molar-refractivity contribution >= 4 is 46.7 Å². The molecule has 0 unspecified atom stereocenters. The smallest absolute Gasteiger partial charge is 0.280 e. The lowest BCUT2D eigenvalue weighted by Gasteiger charge is -2.29. The number of rotatable bonds is 5. The Morgan fingerprint density at radius 3 is 1.94 bits per heavy atom. The molecule has 3 amide bonds. The van der Waals surface area contributed by atoms with Crippen LogP contribution < -0.4 is 0 Å². The number of Topliss-reactive ketones (excluding diaryl/α,β-unsaturated/α-hetero) is 1. The quantitative estimate of drug-likeness (QED) is 0.401. The summed E-state index contributed by atoms with van der Waals surface area (Å²) in [5.41, 5.74) is 0.343. The van der Waals surface area contributed by atoms with Gasteiger partial charge in [-0.2, -0.15) is 5.01 Å². The summed E-state index contributed by atoms with van der Waals surface area (Å²) in [6, 6.07) is 14.8. The predicted octanol–water partition coefficient (Wildman–Crippen LogP) is 4.67. The van der Waals surface area contributed by atoms with E-state index in [1.54, 1.807) is 12.1 Å². The van der Waals surface area contributed by atoms with Crippen LogP contribution in [0.25, 0.3) is 0 Å². The maximum absolute atomic E-state index is 13.3. The van der Waals surface area contributed by atoms with Gasteiger partial charge in [0.25, 0.3) is 17.7 Å². The molecule has 0 bridgehead atoms. The van der Waals surface area contributed by atoms with Crippen molar-refractivity contribution in [2.24, 2.45) is 0 Å². The number of hydrogen-bond donors (Lipinski definition) is 0. The lowest BCUT2D eigenvalue weighted by atomic mass is 10.1. The third-order valence-corrected chi connectivity index (χ3v) is 5.61. The number of imide groups is 1. The number of ketones is 1. The number of halogens is 3. The van der Waals surface area contributed by atoms with E-state index < -0.39 is 35.9 Å². The third kappa shape index (κ3) is 3.88. The zero-order valence-corrected chi connectivity index (χ0v) is 17.7. The van der Waals surface area contributed by atoms with Gasteiger partial charge in [-0.15, -0.1) is 0 Å². The van der Waals surface area contributed by atoms with Crippen LogP contribution in [0, 0.1) is 5.82 Å². The van der Waals surface area contributed by atoms with Crippen molar-refractivity contribution in [3.8, 4) is 0 Å². The average molecular weight is 471 g/mol. The number of fused-ring (bicyclic) bond motifs is 1. The van der Waals surface area contributed by atoms with Crippen LogP contribution in [0.2, 0.25) is 10.0 Å². The molecule has 160 valence electrons. The molecular formula is C23H13Cl2FN2O4. The fourth-order valence-corrected chi connectivity index (χ4v) is 3.57. The number of hydrazine groups is 1. The molecular weight excluding hydrogens is 458 g/mol. The summed E-state index contributed by atoms with van der Waals surface area (Å²) in [5.74, 6) is -3.44. The SMILES string of the molecule is O=C(CN(C(=O)c1ccc(Cl)c(Cl)c1)N1C(=O)c2ccccc2C1=O)c1ccc(F)cc1. The fourth-order valence-electron chi connectivity index (χ4n) is 3.27. The molecule has 1 aliphatic heterocycles. The number of hydrogen-bond acceptors (Lipinski definition) is 4. The molecule has 0 N–H and O–H groups in total. The normalized spacial score (nSPS) is 12.7. The number of nitrogens with zero attached hydrogens (tertiary/aromatic N) is 2. The highest BCUT2D eigenvalue weighted by Crippen LogP contribution is 2.27. The third-order valence-electron chi connectivity index (χ3n) is 4.87. The van der Waals surface area contributed by atoms with Crippen LogP contribution in [0.4, 0.5) is 4.39 Å². The van der Waals surface area contributed by atoms with Gasteiger partial charge in [-0.05, 0) is 54.6 Å². The van der Waals surface area contributed by atoms with Crippen molar-refractivity contribution in [3.63, 3.8) is 0 Å². The molecule has 0 atom stereocenters. The Labute approximate surface area is 191 Å². The first-order valence-corrected chi connectivity index (χ1v) is 10.1. The maximum Gasteiger partial charge on any atom is 0.280 e. The molecule has 0 saturated heterocycles. The highest BCUT2D eigenvalue weighted by molar-refractivity contribution is 6.42. The molecule has 0 saturated carbocycles. The van der Waals surface area contributed by atoms with E-state index in [2.05, 4.69) is 0 Å². The molecule has 4 rings (SSSR count). The second kappa shape index (κ2) is 8.53. The van der Waals surface area contributed by atoms with Crippen LogP contribution in [-0.2, 0) is 0 Å². The maximum atomic E-state index is 13.3. The van der Waals surface area contributed by atoms with E-state index >= 15 is 0 Å². The van der Waals surface area contributed by atoms with Gasteiger partial charge in [0.15, 0.2) is 5.78 Å². The van der Waals surface area contributed by atoms with Gasteiger partial charge in [0, 0.05) is 11.1 Å². The van der Waals surface area contributed by atoms with Gasteiger partial charge in [-0.1, -0.05) is 35.3 Å². The topological polar surface area (TPSA) is 74.8 Å². The zero-order valence-electron chi connectivity index (χ0n) is 16.2. The van der Waals surface area contributed by atoms with Crippen molar-refractivity contribution in [2.45, 2.75) is 0 Å². The Balaban J connectivity index is 1.74. The van der Waals surface area contributed by atoms with E-state index in [0.717, 1.165) is 17.1 Å². The molecule has 1 heterocycles. The Morgan fingerprint density at radius 2 is 1.38 bits per heavy atom. The molecule has 1 aliphatic rings. The average Bonchev–Trinajstić information content (AvgIpc) is 3.04. The molecule has 32 heavy (non-hydrogen) atoms. The lowest BCUT2D eigenvalue weighted by Crippen LogP contribution is -2.51. The van der Waals surface area contributed by atoms with Crippen LogP contribution in [0.1, 0.15) is 41.4 Å². The molecule has 3 aromatic rings. The predicted molar refractivity (Wildman–Crippen MR) is 115 cm³/mol. The van der Waals surface area contributed by atoms with Gasteiger partial charge in [0.05, 0.1) is 21.2 Å². The van der Waals surface area contributed by atoms with E-state index in [1.165, 1.54) is 42.5 Å². The van der Waals surface area contributed by atoms with E-state index in [4.69, 9.17) is 23.2 Å². The number of carbonyl (C=O) groups is 4. The van der Waals surface area contributed by atoms with E-state index in [0.29, 0.717) is 5.01 Å². The second-order valence-electron chi connectivity index (χ2n) is 6.89. The Bertz CT molecular complexity index is 1240. The monoisotopic (exact) mass is 470 g/mol. The number of benzene rings is 3. The van der Waals surface area contributed by atoms with E-state index in [-0.39, 0.29) is 32.3 Å². The van der Waals surface area contributed by atoms with Crippen LogP contribution >= 0.6 is 23.2 Å². The minimum Gasteiger partial charge on any atom is -0.292 e. The van der Waals surface area contributed by atoms with Gasteiger partial charge in [0.2, 0.25) is 0 Å². The van der Waals surface area contributed by atoms with E-state index in [1.807, 2.05) is 0 Å². The van der Waals surface area contributed by atoms with Crippen molar-refractivity contribution in [2.75, 3.05) is 6.54 Å². The number of amides is 3. The first-order chi connectivity index (χ1) is 15.3. The lowest BCUT2D eigenvalue weighted by molar-refractivity contribution is 0.00531. The van der Waals surface area contributed by atoms with Gasteiger partial charge in [0.1, 0.15) is 12.4 Å². The number of carbonyl (C=O) groups excluding carboxylic acids is 4. The Hall–Kier alpha value is -3.55. The highest BCUT2D eigenvalue weighted by Gasteiger charge is 2.42. The van der Waals surface area contributed by atoms with Crippen LogP contribution in [-0.4, -0.2) is 40.1 Å². The molecule has 3 aromatic carbocycles. The van der Waals surface area contributed by atoms with Crippen molar-refractivity contribution in [1.82, 2.24) is 10.0 Å². The van der Waals surface area contributed by atoms with Crippen molar-refractivity contribution < 1.29 is 23.6 Å². The van der Waals surface area contributed by atoms with Gasteiger partial charge >= 0.3 is 0 Å². The van der Waals surface area contributed by atoms with Gasteiger partial charge in [-0.3, -0.25) is 19.2 Å². The van der Waals surface area contributed by atoms with Gasteiger partial charge < -0.3 is 0 Å². The molecule has 0 aliphatic carbocycles. The van der Waals surface area contributed by atoms with Crippen LogP contribution in [0.3, 0.4) is 0 Å². The summed E-state index contributed by atoms with van der Waals surface area (Å²) in [7, 11) is 0. The zero-order chi connectivity index (χ0) is 23.0. The molecule has 9 heteroatoms. The largest absolute Gasteiger partial charge is 0.292 e. The molecule has 0 spiro atoms. The van der Waals surface area contributed by atoms with Crippen LogP contribution in [0.5, 0.6) is 0 Å². The Morgan fingerprint density at radius 1 is 0.812 bits per heavy atom.